The first kappa shape index (κ1) is 36.7. The quantitative estimate of drug-likeness (QED) is 0.131. The zero-order valence-corrected chi connectivity index (χ0v) is 26.8. The lowest BCUT2D eigenvalue weighted by atomic mass is 10.0. The van der Waals surface area contributed by atoms with Crippen LogP contribution in [0.25, 0.3) is 0 Å². The highest BCUT2D eigenvalue weighted by Gasteiger charge is 2.22. The van der Waals surface area contributed by atoms with Gasteiger partial charge in [-0.25, -0.2) is 4.39 Å². The zero-order chi connectivity index (χ0) is 31.3. The average molecular weight is 579 g/mol. The number of alkyl halides is 1. The van der Waals surface area contributed by atoms with E-state index in [1.807, 2.05) is 46.0 Å². The maximum absolute atomic E-state index is 13.0. The number of unbranched alkanes of at least 4 members (excludes halogenated alkanes) is 2. The number of hydrogen-bond donors (Lipinski definition) is 2. The Labute approximate surface area is 255 Å². The van der Waals surface area contributed by atoms with Crippen molar-refractivity contribution in [3.8, 4) is 0 Å². The van der Waals surface area contributed by atoms with Crippen molar-refractivity contribution in [2.45, 2.75) is 65.5 Å². The largest absolute Gasteiger partial charge is 0.388 e. The highest BCUT2D eigenvalue weighted by Crippen LogP contribution is 2.32. The molecular formula is C35H55FN6. The summed E-state index contributed by atoms with van der Waals surface area (Å²) in [5.74, 6) is 0. The lowest BCUT2D eigenvalue weighted by molar-refractivity contribution is 0.313. The molecule has 0 amide bonds. The van der Waals surface area contributed by atoms with Crippen molar-refractivity contribution in [3.05, 3.63) is 89.9 Å². The molecule has 1 aliphatic heterocycles. The van der Waals surface area contributed by atoms with Crippen molar-refractivity contribution in [2.24, 2.45) is 10.7 Å². The standard InChI is InChI=1S/C12H19N3.C12H20N2.C9H10FN.C2H6/c1-13-11-3-5-12(6-4-11)15-9-7-14(2)8-10-15;1-4-5-6-7-8-11(2)12(9-13)10-14-3;1-6-2-3-7-4-5-8(10)9(7)11-6;1-2/h3-6,13H,7-10H2,1-2H3;4,10H,1-3,5-9,13H2;2-3,8H,4-5H2,1H3;1-2H3/b;12-10+;;. The predicted molar refractivity (Wildman–Crippen MR) is 183 cm³/mol. The SMILES string of the molecule is C=CCCCCC(=C)/C(=C/N=C)CN.CC.CNc1ccc(N2CCN(C)CC2)cc1.Cc1ccc2c(n1)C(F)CC2. The van der Waals surface area contributed by atoms with Crippen molar-refractivity contribution < 1.29 is 4.39 Å². The number of halogens is 1. The van der Waals surface area contributed by atoms with Crippen LogP contribution in [0.2, 0.25) is 0 Å². The number of likely N-dealkylation sites (N-methyl/N-ethyl adjacent to an activating group) is 1. The van der Waals surface area contributed by atoms with Gasteiger partial charge in [0.05, 0.1) is 5.69 Å². The number of anilines is 2. The fourth-order valence-electron chi connectivity index (χ4n) is 4.60. The highest BCUT2D eigenvalue weighted by atomic mass is 19.1. The first-order valence-corrected chi connectivity index (χ1v) is 15.3. The minimum Gasteiger partial charge on any atom is -0.388 e. The van der Waals surface area contributed by atoms with Crippen LogP contribution in [0, 0.1) is 6.92 Å². The van der Waals surface area contributed by atoms with Crippen LogP contribution >= 0.6 is 0 Å². The fourth-order valence-corrected chi connectivity index (χ4v) is 4.60. The van der Waals surface area contributed by atoms with Gasteiger partial charge in [-0.2, -0.15) is 0 Å². The lowest BCUT2D eigenvalue weighted by Gasteiger charge is -2.34. The Bertz CT molecular complexity index is 1090. The van der Waals surface area contributed by atoms with E-state index in [2.05, 4.69) is 76.3 Å². The number of allylic oxidation sites excluding steroid dienone is 1. The van der Waals surface area contributed by atoms with Gasteiger partial charge in [0.2, 0.25) is 0 Å². The van der Waals surface area contributed by atoms with Gasteiger partial charge in [-0.1, -0.05) is 32.6 Å². The fraction of sp³-hybridized carbons (Fsp3) is 0.486. The topological polar surface area (TPSA) is 69.8 Å². The molecule has 6 nitrogen and oxygen atoms in total. The van der Waals surface area contributed by atoms with E-state index in [1.54, 1.807) is 6.20 Å². The summed E-state index contributed by atoms with van der Waals surface area (Å²) in [5.41, 5.74) is 12.8. The first-order chi connectivity index (χ1) is 20.3. The van der Waals surface area contributed by atoms with Crippen LogP contribution in [0.3, 0.4) is 0 Å². The molecule has 3 N–H and O–H groups in total. The summed E-state index contributed by atoms with van der Waals surface area (Å²) in [6.07, 6.45) is 8.60. The normalized spacial score (nSPS) is 15.9. The molecule has 1 fully saturated rings. The van der Waals surface area contributed by atoms with Gasteiger partial charge in [-0.05, 0) is 106 Å². The summed E-state index contributed by atoms with van der Waals surface area (Å²) < 4.78 is 13.0. The molecule has 2 aliphatic rings. The second-order valence-corrected chi connectivity index (χ2v) is 10.3. The van der Waals surface area contributed by atoms with Gasteiger partial charge < -0.3 is 20.9 Å². The number of rotatable bonds is 10. The van der Waals surface area contributed by atoms with Crippen molar-refractivity contribution in [2.75, 3.05) is 57.0 Å². The average Bonchev–Trinajstić information content (AvgIpc) is 3.39. The molecule has 1 aromatic heterocycles. The molecule has 1 saturated heterocycles. The van der Waals surface area contributed by atoms with Gasteiger partial charge in [-0.15, -0.1) is 6.58 Å². The molecule has 2 aromatic rings. The number of nitrogens with one attached hydrogen (secondary N) is 1. The molecule has 1 atom stereocenters. The highest BCUT2D eigenvalue weighted by molar-refractivity contribution is 5.55. The Morgan fingerprint density at radius 2 is 1.79 bits per heavy atom. The van der Waals surface area contributed by atoms with E-state index >= 15 is 0 Å². The van der Waals surface area contributed by atoms with Crippen LogP contribution < -0.4 is 16.0 Å². The zero-order valence-electron chi connectivity index (χ0n) is 26.8. The smallest absolute Gasteiger partial charge is 0.143 e. The Hall–Kier alpha value is -3.29. The molecule has 4 rings (SSSR count). The number of nitrogens with zero attached hydrogens (tertiary/aromatic N) is 4. The van der Waals surface area contributed by atoms with Crippen molar-refractivity contribution in [1.29, 1.82) is 0 Å². The van der Waals surface area contributed by atoms with Gasteiger partial charge in [-0.3, -0.25) is 9.98 Å². The monoisotopic (exact) mass is 578 g/mol. The number of hydrogen-bond acceptors (Lipinski definition) is 6. The maximum atomic E-state index is 13.0. The summed E-state index contributed by atoms with van der Waals surface area (Å²) in [5, 5.41) is 3.14. The third-order valence-corrected chi connectivity index (χ3v) is 7.20. The summed E-state index contributed by atoms with van der Waals surface area (Å²) in [4.78, 5) is 12.7. The molecule has 2 heterocycles. The molecule has 0 spiro atoms. The third-order valence-electron chi connectivity index (χ3n) is 7.20. The van der Waals surface area contributed by atoms with Crippen LogP contribution in [0.5, 0.6) is 0 Å². The molecule has 1 aromatic carbocycles. The Morgan fingerprint density at radius 3 is 2.36 bits per heavy atom. The number of piperazine rings is 1. The van der Waals surface area contributed by atoms with E-state index in [9.17, 15) is 4.39 Å². The van der Waals surface area contributed by atoms with Crippen molar-refractivity contribution >= 4 is 18.1 Å². The number of aromatic nitrogens is 1. The number of aliphatic imine (C=N–C) groups is 1. The molecule has 7 heteroatoms. The maximum Gasteiger partial charge on any atom is 0.143 e. The van der Waals surface area contributed by atoms with E-state index in [1.165, 1.54) is 11.4 Å². The Balaban J connectivity index is 0.000000308. The molecular weight excluding hydrogens is 523 g/mol. The Kier molecular flexibility index (Phi) is 18.7. The summed E-state index contributed by atoms with van der Waals surface area (Å²) in [6, 6.07) is 12.6. The van der Waals surface area contributed by atoms with E-state index in [0.29, 0.717) is 18.7 Å². The molecule has 42 heavy (non-hydrogen) atoms. The molecule has 1 unspecified atom stereocenters. The van der Waals surface area contributed by atoms with Crippen LogP contribution in [0.15, 0.2) is 78.0 Å². The van der Waals surface area contributed by atoms with Gasteiger partial charge >= 0.3 is 0 Å². The minimum absolute atomic E-state index is 0.485. The molecule has 0 saturated carbocycles. The van der Waals surface area contributed by atoms with Crippen LogP contribution in [-0.2, 0) is 6.42 Å². The van der Waals surface area contributed by atoms with Crippen LogP contribution in [0.4, 0.5) is 15.8 Å². The third kappa shape index (κ3) is 13.1. The van der Waals surface area contributed by atoms with Gasteiger partial charge in [0.25, 0.3) is 0 Å². The molecule has 0 bridgehead atoms. The summed E-state index contributed by atoms with van der Waals surface area (Å²) in [7, 11) is 4.13. The lowest BCUT2D eigenvalue weighted by Crippen LogP contribution is -2.44. The van der Waals surface area contributed by atoms with Gasteiger partial charge in [0.15, 0.2) is 0 Å². The second kappa shape index (κ2) is 21.4. The van der Waals surface area contributed by atoms with Gasteiger partial charge in [0, 0.05) is 63.0 Å². The number of aryl methyl sites for hydroxylation is 2. The predicted octanol–water partition coefficient (Wildman–Crippen LogP) is 7.69. The van der Waals surface area contributed by atoms with Crippen LogP contribution in [-0.4, -0.2) is 63.4 Å². The van der Waals surface area contributed by atoms with Crippen molar-refractivity contribution in [3.63, 3.8) is 0 Å². The number of nitrogens with two attached hydrogens (primary N) is 1. The van der Waals surface area contributed by atoms with Gasteiger partial charge in [0.1, 0.15) is 6.17 Å². The van der Waals surface area contributed by atoms with Crippen LogP contribution in [0.1, 0.15) is 69.1 Å². The van der Waals surface area contributed by atoms with E-state index < -0.39 is 6.17 Å². The Morgan fingerprint density at radius 1 is 1.12 bits per heavy atom. The first-order valence-electron chi connectivity index (χ1n) is 15.3. The number of fused-ring (bicyclic) bond motifs is 1. The van der Waals surface area contributed by atoms with Crippen molar-refractivity contribution in [1.82, 2.24) is 9.88 Å². The molecule has 1 aliphatic carbocycles. The van der Waals surface area contributed by atoms with E-state index in [4.69, 9.17) is 5.73 Å². The molecule has 232 valence electrons. The number of benzene rings is 1. The number of pyridine rings is 1. The van der Waals surface area contributed by atoms with E-state index in [-0.39, 0.29) is 0 Å². The van der Waals surface area contributed by atoms with E-state index in [0.717, 1.165) is 80.7 Å². The molecule has 0 radical (unpaired) electrons. The second-order valence-electron chi connectivity index (χ2n) is 10.3. The minimum atomic E-state index is -0.815. The summed E-state index contributed by atoms with van der Waals surface area (Å²) in [6.45, 7) is 22.0. The summed E-state index contributed by atoms with van der Waals surface area (Å²) >= 11 is 0.